The van der Waals surface area contributed by atoms with E-state index in [0.717, 1.165) is 56.7 Å². The number of nitrogens with two attached hydrogens (primary N) is 8. The van der Waals surface area contributed by atoms with Crippen molar-refractivity contribution in [3.05, 3.63) is 261 Å². The summed E-state index contributed by atoms with van der Waals surface area (Å²) in [6, 6.07) is 48.5. The topological polar surface area (TPSA) is 454 Å². The fraction of sp³-hybridized carbons (Fsp3) is 0.113. The summed E-state index contributed by atoms with van der Waals surface area (Å²) in [5, 5.41) is 47.0. The lowest BCUT2D eigenvalue weighted by Gasteiger charge is -2.12. The van der Waals surface area contributed by atoms with Crippen molar-refractivity contribution >= 4 is 90.7 Å². The number of aromatic nitrogens is 16. The van der Waals surface area contributed by atoms with Crippen molar-refractivity contribution in [2.24, 2.45) is 0 Å². The van der Waals surface area contributed by atoms with Crippen molar-refractivity contribution in [1.29, 1.82) is 15.8 Å². The highest BCUT2D eigenvalue weighted by Crippen LogP contribution is 2.39. The van der Waals surface area contributed by atoms with Gasteiger partial charge in [-0.25, -0.2) is 47.4 Å². The van der Waals surface area contributed by atoms with Crippen LogP contribution >= 0.6 is 0 Å². The lowest BCUT2D eigenvalue weighted by atomic mass is 10.1. The Morgan fingerprint density at radius 3 is 1.01 bits per heavy atom. The summed E-state index contributed by atoms with van der Waals surface area (Å²) in [5.74, 6) is -1.05. The van der Waals surface area contributed by atoms with E-state index in [4.69, 9.17) is 61.7 Å². The molecule has 0 aliphatic rings. The summed E-state index contributed by atoms with van der Waals surface area (Å²) in [6.07, 6.45) is -2.87. The molecule has 35 heteroatoms. The summed E-state index contributed by atoms with van der Waals surface area (Å²) in [5.41, 5.74) is 56.6. The molecule has 0 unspecified atom stereocenters. The van der Waals surface area contributed by atoms with Crippen LogP contribution in [0.2, 0.25) is 0 Å². The molecule has 8 aromatic carbocycles. The normalized spacial score (nSPS) is 11.3. The van der Waals surface area contributed by atoms with Gasteiger partial charge >= 0.3 is 12.4 Å². The molecule has 0 saturated carbocycles. The average Bonchev–Trinajstić information content (AvgIpc) is 1.63. The lowest BCUT2D eigenvalue weighted by Crippen LogP contribution is -2.11. The summed E-state index contributed by atoms with van der Waals surface area (Å²) in [6.45, 7) is 6.53. The van der Waals surface area contributed by atoms with Gasteiger partial charge in [-0.3, -0.25) is 0 Å². The molecule has 0 bridgehead atoms. The zero-order valence-electron chi connectivity index (χ0n) is 60.8. The molecule has 0 spiro atoms. The summed E-state index contributed by atoms with van der Waals surface area (Å²) in [4.78, 5) is 34.0. The van der Waals surface area contributed by atoms with E-state index in [1.165, 1.54) is 52.1 Å². The van der Waals surface area contributed by atoms with E-state index in [9.17, 15) is 35.1 Å². The molecule has 0 saturated heterocycles. The first-order chi connectivity index (χ1) is 54.9. The number of hydrogen-bond acceptors (Lipinski definition) is 23. The summed E-state index contributed by atoms with van der Waals surface area (Å²) in [7, 11) is 0. The molecule has 16 rings (SSSR count). The van der Waals surface area contributed by atoms with Crippen LogP contribution < -0.4 is 45.9 Å². The van der Waals surface area contributed by atoms with E-state index in [2.05, 4.69) is 72.4 Å². The monoisotopic (exact) mass is 1550 g/mol. The Balaban J connectivity index is 0.000000134. The smallest absolute Gasteiger partial charge is 0.399 e. The molecule has 27 nitrogen and oxygen atoms in total. The Morgan fingerprint density at radius 1 is 0.339 bits per heavy atom. The number of nitrogens with zero attached hydrogens (tertiary/aromatic N) is 19. The number of aryl methyl sites for hydroxylation is 3. The van der Waals surface area contributed by atoms with Gasteiger partial charge in [0.2, 0.25) is 23.8 Å². The number of halogens is 8. The van der Waals surface area contributed by atoms with Crippen molar-refractivity contribution in [3.8, 4) is 63.2 Å². The molecule has 0 aliphatic carbocycles. The minimum atomic E-state index is -4.57. The molecule has 0 atom stereocenters. The highest BCUT2D eigenvalue weighted by atomic mass is 19.4. The predicted octanol–water partition coefficient (Wildman–Crippen LogP) is 13.7. The van der Waals surface area contributed by atoms with Gasteiger partial charge in [-0.1, -0.05) is 78.9 Å². The van der Waals surface area contributed by atoms with Crippen molar-refractivity contribution in [3.63, 3.8) is 0 Å². The third-order valence-electron chi connectivity index (χ3n) is 18.2. The summed E-state index contributed by atoms with van der Waals surface area (Å²) < 4.78 is 115. The molecule has 0 amide bonds. The van der Waals surface area contributed by atoms with Crippen LogP contribution in [0.25, 0.3) is 89.2 Å². The van der Waals surface area contributed by atoms with Gasteiger partial charge in [-0.05, 0) is 139 Å². The van der Waals surface area contributed by atoms with Gasteiger partial charge in [0.25, 0.3) is 0 Å². The average molecular weight is 1550 g/mol. The number of alkyl halides is 6. The fourth-order valence-corrected chi connectivity index (χ4v) is 12.6. The number of anilines is 8. The van der Waals surface area contributed by atoms with Crippen LogP contribution in [0.1, 0.15) is 66.8 Å². The molecular weight excluding hydrogens is 1490 g/mol. The molecule has 8 heterocycles. The van der Waals surface area contributed by atoms with Crippen molar-refractivity contribution < 1.29 is 35.1 Å². The van der Waals surface area contributed by atoms with E-state index >= 15 is 0 Å². The zero-order valence-corrected chi connectivity index (χ0v) is 60.8. The first-order valence-electron chi connectivity index (χ1n) is 34.5. The molecule has 115 heavy (non-hydrogen) atoms. The van der Waals surface area contributed by atoms with Gasteiger partial charge in [0.1, 0.15) is 17.7 Å². The van der Waals surface area contributed by atoms with Crippen LogP contribution in [-0.2, 0) is 38.5 Å². The molecule has 574 valence electrons. The Hall–Kier alpha value is -15.7. The maximum Gasteiger partial charge on any atom is 0.418 e. The number of benzene rings is 8. The van der Waals surface area contributed by atoms with Gasteiger partial charge in [-0.15, -0.1) is 0 Å². The lowest BCUT2D eigenvalue weighted by molar-refractivity contribution is -0.137. The van der Waals surface area contributed by atoms with Crippen LogP contribution in [0.4, 0.5) is 81.7 Å². The number of nitrogen functional groups attached to an aromatic ring is 8. The zero-order chi connectivity index (χ0) is 81.9. The fourth-order valence-electron chi connectivity index (χ4n) is 12.6. The molecule has 0 radical (unpaired) electrons. The molecular formula is C80H63F8N27. The van der Waals surface area contributed by atoms with E-state index in [1.807, 2.05) is 68.4 Å². The molecule has 0 fully saturated rings. The SMILES string of the molecule is Cc1cc(Cn2ncc3c(-c4cccc(C#N)c4)nc(N)nc32)ccc1N.Cc1cc(Cn2ncc3c(-c4cccc(C#N)c4F)nc(N)nc32)ccc1N.Cc1cccc(-c2nc(N)nc3c2cnn3Cc2ccc(N)c(C(F)(F)F)c2)c1F.N#Cc1cccc(-c2nc(N)nc3c2cnn3Cc2ccc(N)c(C(F)(F)F)c2)c1. The van der Waals surface area contributed by atoms with Gasteiger partial charge in [0.15, 0.2) is 22.6 Å². The van der Waals surface area contributed by atoms with E-state index in [0.29, 0.717) is 96.7 Å². The molecule has 8 aromatic heterocycles. The van der Waals surface area contributed by atoms with E-state index in [-0.39, 0.29) is 76.3 Å². The van der Waals surface area contributed by atoms with Gasteiger partial charge < -0.3 is 45.9 Å². The molecule has 0 aliphatic heterocycles. The highest BCUT2D eigenvalue weighted by molar-refractivity contribution is 5.94. The largest absolute Gasteiger partial charge is 0.418 e. The Labute approximate surface area is 647 Å². The van der Waals surface area contributed by atoms with Crippen LogP contribution in [0.5, 0.6) is 0 Å². The number of rotatable bonds is 12. The van der Waals surface area contributed by atoms with Crippen LogP contribution in [0, 0.1) is 66.4 Å². The number of fused-ring (bicyclic) bond motifs is 4. The third kappa shape index (κ3) is 16.6. The van der Waals surface area contributed by atoms with Gasteiger partial charge in [0.05, 0.1) is 135 Å². The third-order valence-corrected chi connectivity index (χ3v) is 18.2. The summed E-state index contributed by atoms with van der Waals surface area (Å²) >= 11 is 0. The maximum atomic E-state index is 14.7. The van der Waals surface area contributed by atoms with Crippen molar-refractivity contribution in [1.82, 2.24) is 79.0 Å². The highest BCUT2D eigenvalue weighted by Gasteiger charge is 2.35. The maximum absolute atomic E-state index is 14.7. The predicted molar refractivity (Wildman–Crippen MR) is 419 cm³/mol. The first-order valence-corrected chi connectivity index (χ1v) is 34.5. The molecule has 16 aromatic rings. The van der Waals surface area contributed by atoms with E-state index < -0.39 is 35.1 Å². The first kappa shape index (κ1) is 77.4. The van der Waals surface area contributed by atoms with Crippen LogP contribution in [-0.4, -0.2) is 79.0 Å². The number of hydrogen-bond donors (Lipinski definition) is 8. The van der Waals surface area contributed by atoms with Crippen molar-refractivity contribution in [2.45, 2.75) is 59.3 Å². The van der Waals surface area contributed by atoms with Gasteiger partial charge in [0, 0.05) is 45.0 Å². The quantitative estimate of drug-likeness (QED) is 0.0416. The second-order valence-corrected chi connectivity index (χ2v) is 26.2. The minimum absolute atomic E-state index is 0.000465. The van der Waals surface area contributed by atoms with Crippen LogP contribution in [0.15, 0.2) is 183 Å². The Morgan fingerprint density at radius 2 is 0.661 bits per heavy atom. The number of nitriles is 3. The minimum Gasteiger partial charge on any atom is -0.399 e. The Bertz CT molecular complexity index is 6600. The molecule has 16 N–H and O–H groups in total. The van der Waals surface area contributed by atoms with Gasteiger partial charge in [-0.2, -0.15) is 82.5 Å². The van der Waals surface area contributed by atoms with E-state index in [1.54, 1.807) is 95.4 Å². The second kappa shape index (κ2) is 31.7. The second-order valence-electron chi connectivity index (χ2n) is 26.2. The van der Waals surface area contributed by atoms with Crippen LogP contribution in [0.3, 0.4) is 0 Å². The van der Waals surface area contributed by atoms with Crippen molar-refractivity contribution in [2.75, 3.05) is 45.9 Å². The standard InChI is InChI=1S/C20H16F4N6.C20H14F3N7.C20H16FN7.C20H17N7/c1-10-3-2-4-12(16(10)21)17-13-8-27-30(18(13)29-19(26)28-17)9-11-5-6-15(25)14(7-11)20(22,23)24;21-20(22,23)15-7-12(4-5-16(15)25)10-30-18-14(9-27-30)17(28-19(26)29-18)13-3-1-2-11(6-13)8-24;1-11-7-12(5-6-16(11)23)10-28-19-15(9-25-28)18(26-20(24)27-19)14-4-2-3-13(8-22)17(14)21;1-12-7-14(5-6-17(12)22)11-27-19-16(10-24-27)18(25-20(23)26-19)15-4-2-3-13(8-15)9-21/h2-8H,9,25H2,1H3,(H2,26,28,29);1-7,9H,10,25H2,(H2,26,28,29);2-7,9H,10,23H2,1H3,(H2,24,26,27);2-8,10H,11,22H2,1H3,(H2,23,25,26). The Kier molecular flexibility index (Phi) is 21.3.